The quantitative estimate of drug-likeness (QED) is 0.299. The number of fused-ring (bicyclic) bond motifs is 3. The topological polar surface area (TPSA) is 43.6 Å². The molecule has 0 atom stereocenters. The molecule has 0 aliphatic heterocycles. The lowest BCUT2D eigenvalue weighted by atomic mass is 10.2. The molecule has 2 aromatic heterocycles. The van der Waals surface area contributed by atoms with Crippen LogP contribution in [0.15, 0.2) is 80.5 Å². The van der Waals surface area contributed by atoms with Crippen LogP contribution in [0.4, 0.5) is 0 Å². The summed E-state index contributed by atoms with van der Waals surface area (Å²) in [6.45, 7) is 0.435. The van der Waals surface area contributed by atoms with Gasteiger partial charge in [0.2, 0.25) is 0 Å². The van der Waals surface area contributed by atoms with Gasteiger partial charge in [-0.25, -0.2) is 9.38 Å². The maximum absolute atomic E-state index is 13.1. The van der Waals surface area contributed by atoms with Crippen LogP contribution < -0.4 is 14.8 Å². The second-order valence-electron chi connectivity index (χ2n) is 6.71. The minimum Gasteiger partial charge on any atom is -0.487 e. The van der Waals surface area contributed by atoms with Gasteiger partial charge in [0.1, 0.15) is 12.4 Å². The molecule has 0 aliphatic carbocycles. The third kappa shape index (κ3) is 3.57. The summed E-state index contributed by atoms with van der Waals surface area (Å²) in [7, 11) is 0. The number of benzene rings is 3. The van der Waals surface area contributed by atoms with Crippen LogP contribution in [-0.2, 0) is 6.61 Å². The number of imidazole rings is 1. The maximum Gasteiger partial charge on any atom is 0.274 e. The Labute approximate surface area is 192 Å². The van der Waals surface area contributed by atoms with Crippen molar-refractivity contribution in [1.29, 1.82) is 0 Å². The first-order valence-corrected chi connectivity index (χ1v) is 11.6. The van der Waals surface area contributed by atoms with Crippen molar-refractivity contribution < 1.29 is 4.74 Å². The van der Waals surface area contributed by atoms with Gasteiger partial charge in [0.15, 0.2) is 4.96 Å². The molecule has 148 valence electrons. The Balaban J connectivity index is 1.62. The molecule has 0 saturated carbocycles. The third-order valence-electron chi connectivity index (χ3n) is 4.69. The Kier molecular flexibility index (Phi) is 5.18. The fourth-order valence-corrected chi connectivity index (χ4v) is 5.67. The second-order valence-corrected chi connectivity index (χ2v) is 9.49. The largest absolute Gasteiger partial charge is 0.487 e. The van der Waals surface area contributed by atoms with E-state index in [1.165, 1.54) is 11.3 Å². The summed E-state index contributed by atoms with van der Waals surface area (Å²) in [6.07, 6.45) is 1.87. The molecule has 0 saturated heterocycles. The maximum atomic E-state index is 13.1. The minimum absolute atomic E-state index is 0.0752. The monoisotopic (exact) mass is 540 g/mol. The molecule has 0 radical (unpaired) electrons. The Bertz CT molecular complexity index is 1490. The van der Waals surface area contributed by atoms with Crippen molar-refractivity contribution in [3.05, 3.63) is 102 Å². The molecule has 0 aliphatic rings. The Hall–Kier alpha value is -2.48. The van der Waals surface area contributed by atoms with E-state index in [0.29, 0.717) is 21.8 Å². The van der Waals surface area contributed by atoms with E-state index in [9.17, 15) is 4.79 Å². The number of ether oxygens (including phenoxy) is 1. The number of hydrogen-bond acceptors (Lipinski definition) is 4. The molecule has 0 spiro atoms. The van der Waals surface area contributed by atoms with Crippen LogP contribution in [-0.4, -0.2) is 9.38 Å². The molecule has 0 bridgehead atoms. The van der Waals surface area contributed by atoms with E-state index in [2.05, 4.69) is 36.8 Å². The number of para-hydroxylation sites is 2. The Morgan fingerprint density at radius 1 is 1.03 bits per heavy atom. The SMILES string of the molecule is O=c1/c(=C/c2cc(Br)cc(Br)c2OCc2ccccc2)sc2nc3ccccc3n12. The van der Waals surface area contributed by atoms with E-state index in [4.69, 9.17) is 4.74 Å². The van der Waals surface area contributed by atoms with Crippen LogP contribution in [0.5, 0.6) is 5.75 Å². The highest BCUT2D eigenvalue weighted by atomic mass is 79.9. The predicted octanol–water partition coefficient (Wildman–Crippen LogP) is 5.56. The molecule has 3 aromatic carbocycles. The number of nitrogens with zero attached hydrogens (tertiary/aromatic N) is 2. The molecular weight excluding hydrogens is 528 g/mol. The lowest BCUT2D eigenvalue weighted by Crippen LogP contribution is -2.22. The zero-order valence-electron chi connectivity index (χ0n) is 15.5. The highest BCUT2D eigenvalue weighted by molar-refractivity contribution is 9.11. The van der Waals surface area contributed by atoms with Gasteiger partial charge in [0.25, 0.3) is 5.56 Å². The molecule has 0 fully saturated rings. The van der Waals surface area contributed by atoms with Crippen LogP contribution in [0.1, 0.15) is 11.1 Å². The van der Waals surface area contributed by atoms with Crippen LogP contribution in [0.25, 0.3) is 22.1 Å². The fraction of sp³-hybridized carbons (Fsp3) is 0.0435. The van der Waals surface area contributed by atoms with Gasteiger partial charge >= 0.3 is 0 Å². The van der Waals surface area contributed by atoms with Gasteiger partial charge in [-0.2, -0.15) is 0 Å². The zero-order chi connectivity index (χ0) is 20.7. The molecule has 0 N–H and O–H groups in total. The van der Waals surface area contributed by atoms with Crippen LogP contribution in [0.3, 0.4) is 0 Å². The highest BCUT2D eigenvalue weighted by Crippen LogP contribution is 2.34. The van der Waals surface area contributed by atoms with E-state index < -0.39 is 0 Å². The number of rotatable bonds is 4. The van der Waals surface area contributed by atoms with E-state index in [1.807, 2.05) is 72.8 Å². The van der Waals surface area contributed by atoms with Crippen molar-refractivity contribution in [3.63, 3.8) is 0 Å². The number of halogens is 2. The van der Waals surface area contributed by atoms with Crippen LogP contribution in [0, 0.1) is 0 Å². The lowest BCUT2D eigenvalue weighted by Gasteiger charge is -2.12. The van der Waals surface area contributed by atoms with E-state index in [1.54, 1.807) is 4.40 Å². The average molecular weight is 542 g/mol. The summed E-state index contributed by atoms with van der Waals surface area (Å²) in [5.74, 6) is 0.692. The van der Waals surface area contributed by atoms with Crippen molar-refractivity contribution in [3.8, 4) is 5.75 Å². The summed E-state index contributed by atoms with van der Waals surface area (Å²) in [5.41, 5.74) is 3.46. The second kappa shape index (κ2) is 7.98. The standard InChI is InChI=1S/C23H14Br2N2O2S/c24-16-10-15(21(17(25)12-16)29-13-14-6-2-1-3-7-14)11-20-22(28)27-19-9-5-4-8-18(19)26-23(27)30-20/h1-12H,13H2/b20-11-. The molecule has 5 rings (SSSR count). The molecule has 7 heteroatoms. The molecule has 2 heterocycles. The van der Waals surface area contributed by atoms with E-state index in [-0.39, 0.29) is 5.56 Å². The normalized spacial score (nSPS) is 12.1. The number of hydrogen-bond donors (Lipinski definition) is 0. The summed E-state index contributed by atoms with van der Waals surface area (Å²) >= 11 is 8.51. The van der Waals surface area contributed by atoms with Gasteiger partial charge in [-0.3, -0.25) is 4.79 Å². The minimum atomic E-state index is -0.0752. The van der Waals surface area contributed by atoms with E-state index >= 15 is 0 Å². The average Bonchev–Trinajstić information content (AvgIpc) is 3.24. The number of aromatic nitrogens is 2. The van der Waals surface area contributed by atoms with Crippen molar-refractivity contribution in [2.75, 3.05) is 0 Å². The Morgan fingerprint density at radius 3 is 2.63 bits per heavy atom. The first-order valence-electron chi connectivity index (χ1n) is 9.17. The Morgan fingerprint density at radius 2 is 1.80 bits per heavy atom. The van der Waals surface area contributed by atoms with Crippen LogP contribution in [0.2, 0.25) is 0 Å². The van der Waals surface area contributed by atoms with Crippen molar-refractivity contribution in [2.24, 2.45) is 0 Å². The zero-order valence-corrected chi connectivity index (χ0v) is 19.5. The first kappa shape index (κ1) is 19.5. The lowest BCUT2D eigenvalue weighted by molar-refractivity contribution is 0.303. The highest BCUT2D eigenvalue weighted by Gasteiger charge is 2.13. The van der Waals surface area contributed by atoms with Gasteiger partial charge in [0, 0.05) is 10.0 Å². The third-order valence-corrected chi connectivity index (χ3v) is 6.71. The van der Waals surface area contributed by atoms with Gasteiger partial charge in [-0.05, 0) is 51.8 Å². The molecule has 0 unspecified atom stereocenters. The van der Waals surface area contributed by atoms with Gasteiger partial charge in [0.05, 0.1) is 20.0 Å². The molecule has 4 nitrogen and oxygen atoms in total. The first-order chi connectivity index (χ1) is 14.6. The molecule has 5 aromatic rings. The summed E-state index contributed by atoms with van der Waals surface area (Å²) < 4.78 is 10.1. The molecule has 0 amide bonds. The smallest absolute Gasteiger partial charge is 0.274 e. The van der Waals surface area contributed by atoms with Crippen molar-refractivity contribution >= 4 is 65.3 Å². The summed E-state index contributed by atoms with van der Waals surface area (Å²) in [5, 5.41) is 0. The summed E-state index contributed by atoms with van der Waals surface area (Å²) in [6, 6.07) is 21.5. The molecule has 30 heavy (non-hydrogen) atoms. The predicted molar refractivity (Wildman–Crippen MR) is 128 cm³/mol. The van der Waals surface area contributed by atoms with Crippen molar-refractivity contribution in [1.82, 2.24) is 9.38 Å². The van der Waals surface area contributed by atoms with Gasteiger partial charge in [-0.1, -0.05) is 69.7 Å². The van der Waals surface area contributed by atoms with Crippen molar-refractivity contribution in [2.45, 2.75) is 6.61 Å². The van der Waals surface area contributed by atoms with Crippen LogP contribution >= 0.6 is 43.2 Å². The fourth-order valence-electron chi connectivity index (χ4n) is 3.32. The molecular formula is C23H14Br2N2O2S. The van der Waals surface area contributed by atoms with Gasteiger partial charge < -0.3 is 4.74 Å². The van der Waals surface area contributed by atoms with Gasteiger partial charge in [-0.15, -0.1) is 0 Å². The number of thiazole rings is 1. The van der Waals surface area contributed by atoms with E-state index in [0.717, 1.165) is 31.1 Å². The summed E-state index contributed by atoms with van der Waals surface area (Å²) in [4.78, 5) is 18.4.